The van der Waals surface area contributed by atoms with Crippen LogP contribution in [-0.2, 0) is 20.7 Å². The molecule has 0 spiro atoms. The Labute approximate surface area is 147 Å². The van der Waals surface area contributed by atoms with E-state index in [9.17, 15) is 14.4 Å². The van der Waals surface area contributed by atoms with Crippen LogP contribution in [0, 0.1) is 13.8 Å². The van der Waals surface area contributed by atoms with Crippen molar-refractivity contribution >= 4 is 18.0 Å². The van der Waals surface area contributed by atoms with Crippen LogP contribution in [0.2, 0.25) is 0 Å². The Morgan fingerprint density at radius 3 is 2.08 bits per heavy atom. The fourth-order valence-corrected chi connectivity index (χ4v) is 2.43. The van der Waals surface area contributed by atoms with Crippen LogP contribution in [0.5, 0.6) is 0 Å². The van der Waals surface area contributed by atoms with Crippen molar-refractivity contribution in [1.82, 2.24) is 5.32 Å². The van der Waals surface area contributed by atoms with Gasteiger partial charge in [0.25, 0.3) is 0 Å². The topological polar surface area (TPSA) is 102 Å². The summed E-state index contributed by atoms with van der Waals surface area (Å²) in [5, 5.41) is 11.6. The third-order valence-corrected chi connectivity index (χ3v) is 3.53. The van der Waals surface area contributed by atoms with Gasteiger partial charge in [-0.25, -0.2) is 14.4 Å². The minimum atomic E-state index is -1.02. The second kappa shape index (κ2) is 8.00. The third kappa shape index (κ3) is 6.10. The van der Waals surface area contributed by atoms with Crippen molar-refractivity contribution in [2.24, 2.45) is 0 Å². The van der Waals surface area contributed by atoms with Crippen molar-refractivity contribution in [1.29, 1.82) is 0 Å². The van der Waals surface area contributed by atoms with Gasteiger partial charge < -0.3 is 19.9 Å². The van der Waals surface area contributed by atoms with E-state index in [1.165, 1.54) is 19.2 Å². The number of aryl methyl sites for hydroxylation is 2. The van der Waals surface area contributed by atoms with E-state index in [1.54, 1.807) is 34.6 Å². The van der Waals surface area contributed by atoms with E-state index in [0.29, 0.717) is 0 Å². The molecule has 0 aliphatic heterocycles. The number of carboxylic acid groups (broad SMARTS) is 1. The molecular weight excluding hydrogens is 326 g/mol. The largest absolute Gasteiger partial charge is 0.478 e. The van der Waals surface area contributed by atoms with Crippen molar-refractivity contribution in [2.45, 2.75) is 52.7 Å². The number of aromatic carboxylic acids is 1. The highest BCUT2D eigenvalue weighted by Crippen LogP contribution is 2.19. The standard InChI is InChI=1S/C18H25NO6/c1-10-7-12(15(20)21)8-11(2)13(10)9-14(16(22)24-6)19-17(23)25-18(3,4)5/h7-8,14H,9H2,1-6H3,(H,19,23)(H,20,21)/t14-/m0/s1. The number of nitrogens with one attached hydrogen (secondary N) is 1. The summed E-state index contributed by atoms with van der Waals surface area (Å²) in [5.41, 5.74) is 1.69. The molecule has 0 radical (unpaired) electrons. The molecule has 0 aliphatic rings. The molecule has 0 aromatic heterocycles. The molecule has 0 unspecified atom stereocenters. The highest BCUT2D eigenvalue weighted by molar-refractivity contribution is 5.88. The van der Waals surface area contributed by atoms with Crippen molar-refractivity contribution in [3.63, 3.8) is 0 Å². The third-order valence-electron chi connectivity index (χ3n) is 3.53. The molecule has 0 saturated carbocycles. The SMILES string of the molecule is COC(=O)[C@H](Cc1c(C)cc(C(=O)O)cc1C)NC(=O)OC(C)(C)C. The van der Waals surface area contributed by atoms with E-state index in [0.717, 1.165) is 16.7 Å². The zero-order valence-electron chi connectivity index (χ0n) is 15.4. The molecule has 1 amide bonds. The molecule has 0 fully saturated rings. The number of esters is 1. The summed E-state index contributed by atoms with van der Waals surface area (Å²) in [7, 11) is 1.24. The normalized spacial score (nSPS) is 12.2. The van der Waals surface area contributed by atoms with Gasteiger partial charge in [-0.2, -0.15) is 0 Å². The highest BCUT2D eigenvalue weighted by Gasteiger charge is 2.26. The van der Waals surface area contributed by atoms with Gasteiger partial charge in [0.05, 0.1) is 12.7 Å². The zero-order chi connectivity index (χ0) is 19.4. The number of alkyl carbamates (subject to hydrolysis) is 1. The van der Waals surface area contributed by atoms with Crippen LogP contribution in [0.15, 0.2) is 12.1 Å². The Morgan fingerprint density at radius 2 is 1.68 bits per heavy atom. The number of hydrogen-bond donors (Lipinski definition) is 2. The lowest BCUT2D eigenvalue weighted by Gasteiger charge is -2.23. The first kappa shape index (κ1) is 20.5. The number of benzene rings is 1. The minimum Gasteiger partial charge on any atom is -0.478 e. The first-order chi connectivity index (χ1) is 11.4. The zero-order valence-corrected chi connectivity index (χ0v) is 15.4. The van der Waals surface area contributed by atoms with Crippen molar-refractivity contribution in [3.05, 3.63) is 34.4 Å². The molecule has 1 rings (SSSR count). The van der Waals surface area contributed by atoms with Gasteiger partial charge in [-0.1, -0.05) is 0 Å². The van der Waals surface area contributed by atoms with Crippen LogP contribution in [0.4, 0.5) is 4.79 Å². The summed E-state index contributed by atoms with van der Waals surface area (Å²) in [6.07, 6.45) is -0.552. The second-order valence-electron chi connectivity index (χ2n) is 6.82. The van der Waals surface area contributed by atoms with E-state index in [-0.39, 0.29) is 12.0 Å². The van der Waals surface area contributed by atoms with Gasteiger partial charge in [-0.05, 0) is 63.4 Å². The van der Waals surface area contributed by atoms with E-state index in [1.807, 2.05) is 0 Å². The Hall–Kier alpha value is -2.57. The first-order valence-corrected chi connectivity index (χ1v) is 7.85. The van der Waals surface area contributed by atoms with Gasteiger partial charge in [0.2, 0.25) is 0 Å². The molecule has 1 atom stereocenters. The maximum absolute atomic E-state index is 12.0. The van der Waals surface area contributed by atoms with E-state index in [2.05, 4.69) is 5.32 Å². The quantitative estimate of drug-likeness (QED) is 0.791. The maximum Gasteiger partial charge on any atom is 0.408 e. The maximum atomic E-state index is 12.0. The summed E-state index contributed by atoms with van der Waals surface area (Å²) in [6, 6.07) is 2.13. The Morgan fingerprint density at radius 1 is 1.16 bits per heavy atom. The van der Waals surface area contributed by atoms with Gasteiger partial charge in [0.15, 0.2) is 0 Å². The molecule has 7 nitrogen and oxygen atoms in total. The molecule has 7 heteroatoms. The van der Waals surface area contributed by atoms with E-state index in [4.69, 9.17) is 14.6 Å². The molecule has 0 aliphatic carbocycles. The molecular formula is C18H25NO6. The summed E-state index contributed by atoms with van der Waals surface area (Å²) in [5.74, 6) is -1.62. The van der Waals surface area contributed by atoms with Crippen LogP contribution in [-0.4, -0.2) is 41.9 Å². The minimum absolute atomic E-state index is 0.170. The lowest BCUT2D eigenvalue weighted by molar-refractivity contribution is -0.143. The van der Waals surface area contributed by atoms with Gasteiger partial charge in [0, 0.05) is 6.42 Å². The van der Waals surface area contributed by atoms with Crippen LogP contribution >= 0.6 is 0 Å². The van der Waals surface area contributed by atoms with E-state index < -0.39 is 29.7 Å². The predicted octanol–water partition coefficient (Wildman–Crippen LogP) is 2.61. The smallest absolute Gasteiger partial charge is 0.408 e. The average Bonchev–Trinajstić information content (AvgIpc) is 2.46. The van der Waals surface area contributed by atoms with Gasteiger partial charge >= 0.3 is 18.0 Å². The van der Waals surface area contributed by atoms with Gasteiger partial charge in [-0.15, -0.1) is 0 Å². The Bertz CT molecular complexity index is 652. The van der Waals surface area contributed by atoms with Crippen molar-refractivity contribution in [3.8, 4) is 0 Å². The number of rotatable bonds is 5. The Kier molecular flexibility index (Phi) is 6.55. The fourth-order valence-electron chi connectivity index (χ4n) is 2.43. The molecule has 1 aromatic carbocycles. The molecule has 138 valence electrons. The number of carbonyl (C=O) groups excluding carboxylic acids is 2. The number of ether oxygens (including phenoxy) is 2. The van der Waals surface area contributed by atoms with Crippen LogP contribution in [0.1, 0.15) is 47.8 Å². The number of hydrogen-bond acceptors (Lipinski definition) is 5. The number of carboxylic acids is 1. The van der Waals surface area contributed by atoms with Gasteiger partial charge in [0.1, 0.15) is 11.6 Å². The lowest BCUT2D eigenvalue weighted by Crippen LogP contribution is -2.45. The molecule has 1 aromatic rings. The summed E-state index contributed by atoms with van der Waals surface area (Å²) in [4.78, 5) is 35.1. The predicted molar refractivity (Wildman–Crippen MR) is 91.8 cm³/mol. The molecule has 2 N–H and O–H groups in total. The highest BCUT2D eigenvalue weighted by atomic mass is 16.6. The Balaban J connectivity index is 3.05. The molecule has 0 heterocycles. The van der Waals surface area contributed by atoms with Gasteiger partial charge in [-0.3, -0.25) is 0 Å². The molecule has 0 saturated heterocycles. The molecule has 0 bridgehead atoms. The number of methoxy groups -OCH3 is 1. The van der Waals surface area contributed by atoms with Crippen LogP contribution in [0.3, 0.4) is 0 Å². The lowest BCUT2D eigenvalue weighted by atomic mass is 9.94. The summed E-state index contributed by atoms with van der Waals surface area (Å²) < 4.78 is 9.93. The fraction of sp³-hybridized carbons (Fsp3) is 0.500. The van der Waals surface area contributed by atoms with Crippen molar-refractivity contribution < 1.29 is 29.0 Å². The van der Waals surface area contributed by atoms with Crippen LogP contribution < -0.4 is 5.32 Å². The van der Waals surface area contributed by atoms with Crippen molar-refractivity contribution in [2.75, 3.05) is 7.11 Å². The number of carbonyl (C=O) groups is 3. The monoisotopic (exact) mass is 351 g/mol. The van der Waals surface area contributed by atoms with E-state index >= 15 is 0 Å². The average molecular weight is 351 g/mol. The van der Waals surface area contributed by atoms with Crippen LogP contribution in [0.25, 0.3) is 0 Å². The summed E-state index contributed by atoms with van der Waals surface area (Å²) >= 11 is 0. The number of amides is 1. The summed E-state index contributed by atoms with van der Waals surface area (Å²) in [6.45, 7) is 8.68. The second-order valence-corrected chi connectivity index (χ2v) is 6.82. The first-order valence-electron chi connectivity index (χ1n) is 7.85. The molecule has 25 heavy (non-hydrogen) atoms.